The van der Waals surface area contributed by atoms with E-state index in [0.717, 1.165) is 12.7 Å². The Morgan fingerprint density at radius 3 is 1.93 bits per heavy atom. The molecule has 0 aliphatic heterocycles. The Balaban J connectivity index is 2.04. The van der Waals surface area contributed by atoms with Crippen molar-refractivity contribution in [2.75, 3.05) is 7.11 Å². The molecule has 0 aliphatic carbocycles. The number of methoxy groups -OCH3 is 1. The van der Waals surface area contributed by atoms with Crippen molar-refractivity contribution in [3.8, 4) is 11.5 Å². The highest BCUT2D eigenvalue weighted by atomic mass is 16.5. The number of benzene rings is 2. The van der Waals surface area contributed by atoms with Gasteiger partial charge in [0.1, 0.15) is 11.5 Å². The van der Waals surface area contributed by atoms with Crippen molar-refractivity contribution >= 4 is 17.5 Å². The number of hydrogen-bond acceptors (Lipinski definition) is 7. The molecule has 1 unspecified atom stereocenters. The molecular formula is C23H26O7. The third kappa shape index (κ3) is 5.90. The second-order valence-corrected chi connectivity index (χ2v) is 7.13. The fourth-order valence-corrected chi connectivity index (χ4v) is 3.18. The molecule has 0 aliphatic rings. The molecule has 3 N–H and O–H groups in total. The second kappa shape index (κ2) is 10.5. The number of phenolic OH excluding ortho intramolecular Hbond substituents is 1. The minimum absolute atomic E-state index is 0.0103. The topological polar surface area (TPSA) is 121 Å². The lowest BCUT2D eigenvalue weighted by molar-refractivity contribution is -0.153. The Labute approximate surface area is 174 Å². The van der Waals surface area contributed by atoms with E-state index in [4.69, 9.17) is 0 Å². The lowest BCUT2D eigenvalue weighted by atomic mass is 9.90. The summed E-state index contributed by atoms with van der Waals surface area (Å²) in [5.74, 6) is -3.30. The Bertz CT molecular complexity index is 933. The molecule has 0 heterocycles. The molecule has 0 saturated heterocycles. The number of Topliss-reactive ketones (excluding diaryl/α,β-unsaturated/α-hetero) is 2. The molecule has 0 spiro atoms. The Kier molecular flexibility index (Phi) is 8.12. The molecular weight excluding hydrogens is 388 g/mol. The molecule has 2 aromatic rings. The highest BCUT2D eigenvalue weighted by Crippen LogP contribution is 2.21. The monoisotopic (exact) mass is 414 g/mol. The van der Waals surface area contributed by atoms with Crippen molar-refractivity contribution in [2.45, 2.75) is 39.2 Å². The van der Waals surface area contributed by atoms with Gasteiger partial charge in [-0.05, 0) is 54.7 Å². The van der Waals surface area contributed by atoms with Crippen LogP contribution in [0.4, 0.5) is 0 Å². The summed E-state index contributed by atoms with van der Waals surface area (Å²) in [6.07, 6.45) is 0.519. The van der Waals surface area contributed by atoms with Crippen molar-refractivity contribution < 1.29 is 34.4 Å². The Morgan fingerprint density at radius 1 is 0.900 bits per heavy atom. The summed E-state index contributed by atoms with van der Waals surface area (Å²) in [7, 11) is 1.13. The van der Waals surface area contributed by atoms with E-state index in [9.17, 15) is 29.7 Å². The first-order valence-corrected chi connectivity index (χ1v) is 9.60. The van der Waals surface area contributed by atoms with E-state index in [-0.39, 0.29) is 37.4 Å². The number of ketones is 2. The molecule has 0 aromatic heterocycles. The molecule has 2 rings (SSSR count). The third-order valence-electron chi connectivity index (χ3n) is 4.98. The zero-order chi connectivity index (χ0) is 22.3. The first-order chi connectivity index (χ1) is 14.3. The lowest BCUT2D eigenvalue weighted by Crippen LogP contribution is -2.33. The molecule has 7 heteroatoms. The van der Waals surface area contributed by atoms with E-state index in [2.05, 4.69) is 4.74 Å². The Hall–Kier alpha value is -3.19. The van der Waals surface area contributed by atoms with E-state index < -0.39 is 23.5 Å². The van der Waals surface area contributed by atoms with Gasteiger partial charge in [0.25, 0.3) is 0 Å². The highest BCUT2D eigenvalue weighted by Gasteiger charge is 2.33. The van der Waals surface area contributed by atoms with Gasteiger partial charge in [-0.3, -0.25) is 14.4 Å². The van der Waals surface area contributed by atoms with E-state index in [1.165, 1.54) is 12.1 Å². The summed E-state index contributed by atoms with van der Waals surface area (Å²) in [6, 6.07) is 9.59. The standard InChI is InChI=1S/C23H26O7/c1-14-11-15(3-7-18(14)25)5-9-20(27)22(23(29)30-2)21(28)10-6-16-4-8-19(26)17(12-16)13-24/h3-4,7-8,11-12,22,24-26H,5-6,9-10,13H2,1-2H3. The van der Waals surface area contributed by atoms with Gasteiger partial charge in [0.15, 0.2) is 17.5 Å². The van der Waals surface area contributed by atoms with Gasteiger partial charge in [-0.25, -0.2) is 0 Å². The zero-order valence-corrected chi connectivity index (χ0v) is 17.1. The minimum atomic E-state index is -1.48. The van der Waals surface area contributed by atoms with Crippen molar-refractivity contribution in [3.63, 3.8) is 0 Å². The highest BCUT2D eigenvalue weighted by molar-refractivity contribution is 6.17. The quantitative estimate of drug-likeness (QED) is 0.403. The smallest absolute Gasteiger partial charge is 0.323 e. The number of ether oxygens (including phenoxy) is 1. The molecule has 0 radical (unpaired) electrons. The van der Waals surface area contributed by atoms with Gasteiger partial charge in [-0.15, -0.1) is 0 Å². The van der Waals surface area contributed by atoms with Crippen LogP contribution in [0, 0.1) is 12.8 Å². The lowest BCUT2D eigenvalue weighted by Gasteiger charge is -2.13. The maximum Gasteiger partial charge on any atom is 0.323 e. The van der Waals surface area contributed by atoms with Crippen LogP contribution in [0.3, 0.4) is 0 Å². The summed E-state index contributed by atoms with van der Waals surface area (Å²) in [5.41, 5.74) is 2.53. The maximum absolute atomic E-state index is 12.6. The number of aromatic hydroxyl groups is 2. The molecule has 0 saturated carbocycles. The SMILES string of the molecule is COC(=O)C(C(=O)CCc1ccc(O)c(C)c1)C(=O)CCc1ccc(O)c(CO)c1. The van der Waals surface area contributed by atoms with Crippen molar-refractivity contribution in [2.24, 2.45) is 5.92 Å². The normalized spacial score (nSPS) is 11.7. The maximum atomic E-state index is 12.6. The van der Waals surface area contributed by atoms with Crippen LogP contribution in [0.1, 0.15) is 35.1 Å². The average Bonchev–Trinajstić information content (AvgIpc) is 2.73. The largest absolute Gasteiger partial charge is 0.508 e. The van der Waals surface area contributed by atoms with Crippen LogP contribution in [0.2, 0.25) is 0 Å². The van der Waals surface area contributed by atoms with Crippen LogP contribution < -0.4 is 0 Å². The first kappa shape index (κ1) is 23.1. The number of rotatable bonds is 10. The molecule has 30 heavy (non-hydrogen) atoms. The van der Waals surface area contributed by atoms with Crippen LogP contribution >= 0.6 is 0 Å². The van der Waals surface area contributed by atoms with Crippen LogP contribution in [-0.2, 0) is 38.6 Å². The predicted molar refractivity (Wildman–Crippen MR) is 109 cm³/mol. The number of aliphatic hydroxyl groups excluding tert-OH is 1. The van der Waals surface area contributed by atoms with Crippen LogP contribution in [-0.4, -0.2) is 40.0 Å². The summed E-state index contributed by atoms with van der Waals surface area (Å²) < 4.78 is 4.67. The van der Waals surface area contributed by atoms with E-state index in [0.29, 0.717) is 23.1 Å². The zero-order valence-electron chi connectivity index (χ0n) is 17.1. The van der Waals surface area contributed by atoms with Gasteiger partial charge in [0.2, 0.25) is 0 Å². The fourth-order valence-electron chi connectivity index (χ4n) is 3.18. The van der Waals surface area contributed by atoms with Crippen LogP contribution in [0.25, 0.3) is 0 Å². The summed E-state index contributed by atoms with van der Waals surface area (Å²) in [5, 5.41) is 28.4. The number of hydrogen-bond donors (Lipinski definition) is 3. The molecule has 1 atom stereocenters. The molecule has 0 fully saturated rings. The molecule has 0 bridgehead atoms. The summed E-state index contributed by atoms with van der Waals surface area (Å²) in [6.45, 7) is 1.40. The van der Waals surface area contributed by atoms with Crippen LogP contribution in [0.15, 0.2) is 36.4 Å². The van der Waals surface area contributed by atoms with Crippen molar-refractivity contribution in [1.29, 1.82) is 0 Å². The summed E-state index contributed by atoms with van der Waals surface area (Å²) >= 11 is 0. The van der Waals surface area contributed by atoms with Gasteiger partial charge < -0.3 is 20.1 Å². The fraction of sp³-hybridized carbons (Fsp3) is 0.348. The van der Waals surface area contributed by atoms with E-state index in [1.807, 2.05) is 0 Å². The minimum Gasteiger partial charge on any atom is -0.508 e. The number of carbonyl (C=O) groups excluding carboxylic acids is 3. The van der Waals surface area contributed by atoms with Crippen LogP contribution in [0.5, 0.6) is 11.5 Å². The second-order valence-electron chi connectivity index (χ2n) is 7.13. The molecule has 0 amide bonds. The number of aryl methyl sites for hydroxylation is 3. The third-order valence-corrected chi connectivity index (χ3v) is 4.98. The number of esters is 1. The Morgan fingerprint density at radius 2 is 1.43 bits per heavy atom. The van der Waals surface area contributed by atoms with Gasteiger partial charge in [-0.2, -0.15) is 0 Å². The average molecular weight is 414 g/mol. The summed E-state index contributed by atoms with van der Waals surface area (Å²) in [4.78, 5) is 37.4. The van der Waals surface area contributed by atoms with E-state index >= 15 is 0 Å². The first-order valence-electron chi connectivity index (χ1n) is 9.60. The van der Waals surface area contributed by atoms with E-state index in [1.54, 1.807) is 31.2 Å². The number of aliphatic hydroxyl groups is 1. The molecule has 2 aromatic carbocycles. The number of carbonyl (C=O) groups is 3. The molecule has 7 nitrogen and oxygen atoms in total. The van der Waals surface area contributed by atoms with Gasteiger partial charge in [0.05, 0.1) is 13.7 Å². The van der Waals surface area contributed by atoms with Crippen molar-refractivity contribution in [3.05, 3.63) is 58.7 Å². The van der Waals surface area contributed by atoms with Crippen molar-refractivity contribution in [1.82, 2.24) is 0 Å². The predicted octanol–water partition coefficient (Wildman–Crippen LogP) is 2.39. The molecule has 160 valence electrons. The van der Waals surface area contributed by atoms with Gasteiger partial charge >= 0.3 is 5.97 Å². The van der Waals surface area contributed by atoms with Gasteiger partial charge in [0, 0.05) is 18.4 Å². The van der Waals surface area contributed by atoms with Gasteiger partial charge in [-0.1, -0.05) is 18.2 Å². The number of phenols is 2.